The van der Waals surface area contributed by atoms with Crippen molar-refractivity contribution in [3.8, 4) is 22.4 Å². The lowest BCUT2D eigenvalue weighted by atomic mass is 9.96. The molecular formula is C29H31ClN4O4. The number of piperidine rings is 1. The first-order chi connectivity index (χ1) is 18.2. The quantitative estimate of drug-likeness (QED) is 0.445. The van der Waals surface area contributed by atoms with Gasteiger partial charge < -0.3 is 15.4 Å². The van der Waals surface area contributed by atoms with E-state index in [2.05, 4.69) is 9.97 Å². The molecule has 3 aromatic rings. The molecule has 0 saturated carbocycles. The molecule has 2 aromatic carbocycles. The smallest absolute Gasteiger partial charge is 0.309 e. The Kier molecular flexibility index (Phi) is 8.42. The molecule has 0 aliphatic carbocycles. The number of carbonyl (C=O) groups excluding carboxylic acids is 3. The number of aromatic nitrogens is 2. The summed E-state index contributed by atoms with van der Waals surface area (Å²) in [6.07, 6.45) is 1.49. The summed E-state index contributed by atoms with van der Waals surface area (Å²) in [6, 6.07) is 13.3. The molecule has 1 aromatic heterocycles. The molecule has 1 aliphatic heterocycles. The minimum Gasteiger partial charge on any atom is -0.466 e. The van der Waals surface area contributed by atoms with Gasteiger partial charge in [0.1, 0.15) is 5.69 Å². The number of amides is 2. The number of hydrogen-bond donors (Lipinski definition) is 1. The predicted molar refractivity (Wildman–Crippen MR) is 146 cm³/mol. The standard InChI is InChI=1S/C29H31ClN4O4/c1-4-38-29(37)22-11-13-34(14-12-22)25(35)16-19-5-10-23(24(30)15-19)20-6-8-21(9-7-20)26-17(2)32-18(3)27(33-26)28(31)36/h5-10,15,22H,4,11-14,16H2,1-3H3,(H2,31,36). The molecule has 0 spiro atoms. The van der Waals surface area contributed by atoms with Gasteiger partial charge in [0.2, 0.25) is 5.91 Å². The van der Waals surface area contributed by atoms with Crippen molar-refractivity contribution < 1.29 is 19.1 Å². The van der Waals surface area contributed by atoms with Crippen molar-refractivity contribution >= 4 is 29.4 Å². The molecule has 0 atom stereocenters. The van der Waals surface area contributed by atoms with Gasteiger partial charge in [-0.15, -0.1) is 0 Å². The maximum Gasteiger partial charge on any atom is 0.309 e. The molecule has 2 amide bonds. The zero-order valence-electron chi connectivity index (χ0n) is 21.8. The van der Waals surface area contributed by atoms with Crippen LogP contribution in [-0.4, -0.2) is 52.3 Å². The third kappa shape index (κ3) is 6.02. The van der Waals surface area contributed by atoms with Gasteiger partial charge in [-0.25, -0.2) is 4.98 Å². The summed E-state index contributed by atoms with van der Waals surface area (Å²) in [5.41, 5.74) is 10.8. The monoisotopic (exact) mass is 534 g/mol. The van der Waals surface area contributed by atoms with Gasteiger partial charge in [-0.3, -0.25) is 19.4 Å². The highest BCUT2D eigenvalue weighted by molar-refractivity contribution is 6.33. The third-order valence-electron chi connectivity index (χ3n) is 6.80. The van der Waals surface area contributed by atoms with Crippen LogP contribution in [0, 0.1) is 19.8 Å². The molecule has 4 rings (SSSR count). The lowest BCUT2D eigenvalue weighted by Crippen LogP contribution is -2.41. The predicted octanol–water partition coefficient (Wildman–Crippen LogP) is 4.52. The minimum absolute atomic E-state index is 0.0189. The average molecular weight is 535 g/mol. The van der Waals surface area contributed by atoms with Crippen LogP contribution in [0.4, 0.5) is 0 Å². The Balaban J connectivity index is 1.43. The van der Waals surface area contributed by atoms with E-state index in [-0.39, 0.29) is 29.9 Å². The fraction of sp³-hybridized carbons (Fsp3) is 0.345. The van der Waals surface area contributed by atoms with Crippen molar-refractivity contribution in [2.75, 3.05) is 19.7 Å². The van der Waals surface area contributed by atoms with Crippen LogP contribution in [-0.2, 0) is 20.7 Å². The Morgan fingerprint density at radius 3 is 2.26 bits per heavy atom. The zero-order valence-corrected chi connectivity index (χ0v) is 22.5. The fourth-order valence-electron chi connectivity index (χ4n) is 4.76. The van der Waals surface area contributed by atoms with Gasteiger partial charge in [0, 0.05) is 29.2 Å². The zero-order chi connectivity index (χ0) is 27.4. The van der Waals surface area contributed by atoms with Crippen molar-refractivity contribution in [2.45, 2.75) is 40.0 Å². The Bertz CT molecular complexity index is 1370. The van der Waals surface area contributed by atoms with Crippen LogP contribution in [0.1, 0.15) is 47.2 Å². The molecule has 2 N–H and O–H groups in total. The van der Waals surface area contributed by atoms with Crippen molar-refractivity contribution in [1.82, 2.24) is 14.9 Å². The highest BCUT2D eigenvalue weighted by Crippen LogP contribution is 2.31. The first-order valence-corrected chi connectivity index (χ1v) is 13.0. The van der Waals surface area contributed by atoms with Crippen molar-refractivity contribution in [2.24, 2.45) is 11.7 Å². The SMILES string of the molecule is CCOC(=O)C1CCN(C(=O)Cc2ccc(-c3ccc(-c4nc(C(N)=O)c(C)nc4C)cc3)c(Cl)c2)CC1. The number of esters is 1. The molecule has 38 heavy (non-hydrogen) atoms. The number of primary amides is 1. The highest BCUT2D eigenvalue weighted by atomic mass is 35.5. The number of halogens is 1. The number of nitrogens with two attached hydrogens (primary N) is 1. The maximum absolute atomic E-state index is 12.8. The molecule has 1 fully saturated rings. The molecule has 1 aliphatic rings. The Hall–Kier alpha value is -3.78. The molecule has 8 nitrogen and oxygen atoms in total. The maximum atomic E-state index is 12.8. The topological polar surface area (TPSA) is 115 Å². The van der Waals surface area contributed by atoms with Gasteiger partial charge >= 0.3 is 5.97 Å². The summed E-state index contributed by atoms with van der Waals surface area (Å²) in [7, 11) is 0. The van der Waals surface area contributed by atoms with Crippen molar-refractivity contribution in [3.63, 3.8) is 0 Å². The Morgan fingerprint density at radius 1 is 1.00 bits per heavy atom. The summed E-state index contributed by atoms with van der Waals surface area (Å²) in [6.45, 7) is 6.82. The number of aryl methyl sites for hydroxylation is 2. The number of carbonyl (C=O) groups is 3. The van der Waals surface area contributed by atoms with E-state index in [9.17, 15) is 14.4 Å². The number of hydrogen-bond acceptors (Lipinski definition) is 6. The van der Waals surface area contributed by atoms with E-state index in [1.54, 1.807) is 18.7 Å². The summed E-state index contributed by atoms with van der Waals surface area (Å²) in [5, 5.41) is 0.548. The lowest BCUT2D eigenvalue weighted by molar-refractivity contribution is -0.151. The van der Waals surface area contributed by atoms with Crippen LogP contribution >= 0.6 is 11.6 Å². The van der Waals surface area contributed by atoms with E-state index in [1.807, 2.05) is 49.4 Å². The van der Waals surface area contributed by atoms with Gasteiger partial charge in [-0.1, -0.05) is 48.0 Å². The average Bonchev–Trinajstić information content (AvgIpc) is 2.89. The Morgan fingerprint density at radius 2 is 1.66 bits per heavy atom. The van der Waals surface area contributed by atoms with Gasteiger partial charge in [0.25, 0.3) is 5.91 Å². The first-order valence-electron chi connectivity index (χ1n) is 12.7. The number of ether oxygens (including phenoxy) is 1. The van der Waals surface area contributed by atoms with E-state index in [4.69, 9.17) is 22.1 Å². The van der Waals surface area contributed by atoms with Crippen LogP contribution in [0.15, 0.2) is 42.5 Å². The summed E-state index contributed by atoms with van der Waals surface area (Å²) >= 11 is 6.62. The number of nitrogens with zero attached hydrogens (tertiary/aromatic N) is 3. The Labute approximate surface area is 227 Å². The van der Waals surface area contributed by atoms with Crippen LogP contribution in [0.25, 0.3) is 22.4 Å². The molecular weight excluding hydrogens is 504 g/mol. The van der Waals surface area contributed by atoms with E-state index in [0.717, 1.165) is 22.3 Å². The molecule has 0 unspecified atom stereocenters. The first kappa shape index (κ1) is 27.3. The highest BCUT2D eigenvalue weighted by Gasteiger charge is 2.28. The number of rotatable bonds is 7. The number of benzene rings is 2. The summed E-state index contributed by atoms with van der Waals surface area (Å²) in [5.74, 6) is -0.900. The van der Waals surface area contributed by atoms with E-state index >= 15 is 0 Å². The van der Waals surface area contributed by atoms with Crippen LogP contribution in [0.2, 0.25) is 5.02 Å². The second-order valence-electron chi connectivity index (χ2n) is 9.43. The van der Waals surface area contributed by atoms with Crippen LogP contribution < -0.4 is 5.73 Å². The second kappa shape index (κ2) is 11.7. The van der Waals surface area contributed by atoms with Crippen molar-refractivity contribution in [3.05, 3.63) is 70.1 Å². The van der Waals surface area contributed by atoms with Gasteiger partial charge in [0.05, 0.1) is 36.0 Å². The molecule has 2 heterocycles. The molecule has 9 heteroatoms. The number of likely N-dealkylation sites (tertiary alicyclic amines) is 1. The normalized spacial score (nSPS) is 13.8. The fourth-order valence-corrected chi connectivity index (χ4v) is 5.07. The summed E-state index contributed by atoms with van der Waals surface area (Å²) < 4.78 is 5.11. The van der Waals surface area contributed by atoms with Gasteiger partial charge in [0.15, 0.2) is 0 Å². The van der Waals surface area contributed by atoms with Crippen molar-refractivity contribution in [1.29, 1.82) is 0 Å². The molecule has 198 valence electrons. The second-order valence-corrected chi connectivity index (χ2v) is 9.84. The molecule has 1 saturated heterocycles. The van der Waals surface area contributed by atoms with E-state index in [1.165, 1.54) is 0 Å². The van der Waals surface area contributed by atoms with Crippen LogP contribution in [0.5, 0.6) is 0 Å². The van der Waals surface area contributed by atoms with E-state index in [0.29, 0.717) is 54.6 Å². The van der Waals surface area contributed by atoms with Gasteiger partial charge in [-0.2, -0.15) is 0 Å². The lowest BCUT2D eigenvalue weighted by Gasteiger charge is -2.31. The summed E-state index contributed by atoms with van der Waals surface area (Å²) in [4.78, 5) is 47.2. The minimum atomic E-state index is -0.612. The van der Waals surface area contributed by atoms with Crippen LogP contribution in [0.3, 0.4) is 0 Å². The molecule has 0 radical (unpaired) electrons. The third-order valence-corrected chi connectivity index (χ3v) is 7.12. The largest absolute Gasteiger partial charge is 0.466 e. The van der Waals surface area contributed by atoms with Gasteiger partial charge in [-0.05, 0) is 50.8 Å². The molecule has 0 bridgehead atoms. The van der Waals surface area contributed by atoms with E-state index < -0.39 is 5.91 Å².